The number of carbonyl (C=O) groups excluding carboxylic acids is 2. The zero-order valence-corrected chi connectivity index (χ0v) is 15.8. The minimum Gasteiger partial charge on any atom is -0.469 e. The van der Waals surface area contributed by atoms with Crippen molar-refractivity contribution in [3.63, 3.8) is 0 Å². The fourth-order valence-electron chi connectivity index (χ4n) is 2.36. The second-order valence-electron chi connectivity index (χ2n) is 5.63. The van der Waals surface area contributed by atoms with Crippen molar-refractivity contribution in [3.05, 3.63) is 64.7 Å². The summed E-state index contributed by atoms with van der Waals surface area (Å²) in [6.45, 7) is 0. The summed E-state index contributed by atoms with van der Waals surface area (Å²) in [5.74, 6) is -1.04. The van der Waals surface area contributed by atoms with E-state index in [1.54, 1.807) is 24.3 Å². The highest BCUT2D eigenvalue weighted by atomic mass is 35.5. The lowest BCUT2D eigenvalue weighted by molar-refractivity contribution is -0.141. The molecule has 1 N–H and O–H groups in total. The predicted molar refractivity (Wildman–Crippen MR) is 97.8 cm³/mol. The Morgan fingerprint density at radius 1 is 1.15 bits per heavy atom. The van der Waals surface area contributed by atoms with Gasteiger partial charge >= 0.3 is 5.97 Å². The average molecular weight is 396 g/mol. The Kier molecular flexibility index (Phi) is 6.39. The Balaban J connectivity index is 2.32. The topological polar surface area (TPSA) is 89.5 Å². The van der Waals surface area contributed by atoms with E-state index in [-0.39, 0.29) is 16.9 Å². The number of hydrogen-bond acceptors (Lipinski definition) is 5. The summed E-state index contributed by atoms with van der Waals surface area (Å²) in [6.07, 6.45) is 0.950. The molecule has 0 aliphatic rings. The number of sulfone groups is 1. The van der Waals surface area contributed by atoms with Gasteiger partial charge in [0.2, 0.25) is 0 Å². The molecule has 0 spiro atoms. The van der Waals surface area contributed by atoms with Gasteiger partial charge in [-0.15, -0.1) is 0 Å². The lowest BCUT2D eigenvalue weighted by Gasteiger charge is -2.19. The Morgan fingerprint density at radius 3 is 2.46 bits per heavy atom. The van der Waals surface area contributed by atoms with E-state index in [0.717, 1.165) is 6.26 Å². The van der Waals surface area contributed by atoms with Crippen LogP contribution in [0.1, 0.15) is 28.4 Å². The Labute approximate surface area is 157 Å². The molecule has 0 aliphatic heterocycles. The number of nitrogens with one attached hydrogen (secondary N) is 1. The molecular weight excluding hydrogens is 378 g/mol. The molecule has 0 heterocycles. The molecule has 6 nitrogen and oxygen atoms in total. The van der Waals surface area contributed by atoms with Gasteiger partial charge in [0.25, 0.3) is 5.91 Å². The number of hydrogen-bond donors (Lipinski definition) is 1. The van der Waals surface area contributed by atoms with Gasteiger partial charge in [-0.3, -0.25) is 9.59 Å². The zero-order valence-electron chi connectivity index (χ0n) is 14.2. The maximum atomic E-state index is 12.6. The molecule has 0 aliphatic carbocycles. The minimum absolute atomic E-state index is 0.0346. The van der Waals surface area contributed by atoms with E-state index < -0.39 is 27.8 Å². The second-order valence-corrected chi connectivity index (χ2v) is 8.05. The average Bonchev–Trinajstić information content (AvgIpc) is 2.60. The summed E-state index contributed by atoms with van der Waals surface area (Å²) in [7, 11) is -2.19. The molecule has 1 atom stereocenters. The second kappa shape index (κ2) is 8.33. The van der Waals surface area contributed by atoms with Gasteiger partial charge < -0.3 is 10.1 Å². The summed E-state index contributed by atoms with van der Waals surface area (Å²) >= 11 is 6.18. The quantitative estimate of drug-likeness (QED) is 0.759. The van der Waals surface area contributed by atoms with E-state index in [1.807, 2.05) is 0 Å². The molecule has 0 saturated carbocycles. The number of ether oxygens (including phenoxy) is 1. The van der Waals surface area contributed by atoms with E-state index in [0.29, 0.717) is 10.6 Å². The van der Waals surface area contributed by atoms with Crippen molar-refractivity contribution in [2.45, 2.75) is 17.4 Å². The molecule has 2 aromatic carbocycles. The molecule has 8 heteroatoms. The van der Waals surface area contributed by atoms with Crippen molar-refractivity contribution in [2.24, 2.45) is 0 Å². The zero-order chi connectivity index (χ0) is 19.3. The molecule has 1 unspecified atom stereocenters. The lowest BCUT2D eigenvalue weighted by Crippen LogP contribution is -2.30. The largest absolute Gasteiger partial charge is 0.469 e. The van der Waals surface area contributed by atoms with Crippen LogP contribution in [-0.4, -0.2) is 33.7 Å². The maximum absolute atomic E-state index is 12.6. The third-order valence-electron chi connectivity index (χ3n) is 3.71. The van der Waals surface area contributed by atoms with Gasteiger partial charge in [0.05, 0.1) is 24.5 Å². The molecular formula is C18H18ClNO5S. The third-order valence-corrected chi connectivity index (χ3v) is 5.16. The first-order chi connectivity index (χ1) is 12.2. The fraction of sp³-hybridized carbons (Fsp3) is 0.222. The van der Waals surface area contributed by atoms with Gasteiger partial charge in [-0.25, -0.2) is 8.42 Å². The van der Waals surface area contributed by atoms with E-state index in [9.17, 15) is 18.0 Å². The highest BCUT2D eigenvalue weighted by Gasteiger charge is 2.22. The van der Waals surface area contributed by atoms with Gasteiger partial charge in [-0.1, -0.05) is 35.9 Å². The number of esters is 1. The lowest BCUT2D eigenvalue weighted by atomic mass is 10.0. The van der Waals surface area contributed by atoms with Crippen LogP contribution in [0.3, 0.4) is 0 Å². The SMILES string of the molecule is COC(=O)CC(NC(=O)c1cccc(S(C)(=O)=O)c1)c1ccccc1Cl. The van der Waals surface area contributed by atoms with Crippen LogP contribution in [0.4, 0.5) is 0 Å². The molecule has 138 valence electrons. The molecule has 1 amide bonds. The van der Waals surface area contributed by atoms with E-state index in [1.165, 1.54) is 31.4 Å². The van der Waals surface area contributed by atoms with Crippen LogP contribution in [0, 0.1) is 0 Å². The fourth-order valence-corrected chi connectivity index (χ4v) is 3.29. The normalized spacial score (nSPS) is 12.3. The number of halogens is 1. The van der Waals surface area contributed by atoms with Crippen molar-refractivity contribution in [2.75, 3.05) is 13.4 Å². The van der Waals surface area contributed by atoms with Crippen molar-refractivity contribution >= 4 is 33.3 Å². The highest BCUT2D eigenvalue weighted by molar-refractivity contribution is 7.90. The Morgan fingerprint density at radius 2 is 1.85 bits per heavy atom. The van der Waals surface area contributed by atoms with Crippen LogP contribution in [0.5, 0.6) is 0 Å². The van der Waals surface area contributed by atoms with Crippen LogP contribution in [0.25, 0.3) is 0 Å². The van der Waals surface area contributed by atoms with E-state index in [4.69, 9.17) is 11.6 Å². The molecule has 2 rings (SSSR count). The molecule has 0 bridgehead atoms. The maximum Gasteiger partial charge on any atom is 0.307 e. The summed E-state index contributed by atoms with van der Waals surface area (Å²) in [5, 5.41) is 3.11. The predicted octanol–water partition coefficient (Wildman–Crippen LogP) is 2.78. The minimum atomic E-state index is -3.44. The van der Waals surface area contributed by atoms with Crippen LogP contribution >= 0.6 is 11.6 Å². The molecule has 0 radical (unpaired) electrons. The van der Waals surface area contributed by atoms with Gasteiger partial charge in [-0.2, -0.15) is 0 Å². The monoisotopic (exact) mass is 395 g/mol. The van der Waals surface area contributed by atoms with Gasteiger partial charge in [0, 0.05) is 16.8 Å². The molecule has 0 saturated heterocycles. The first-order valence-electron chi connectivity index (χ1n) is 7.64. The van der Waals surface area contributed by atoms with E-state index in [2.05, 4.69) is 10.1 Å². The number of carbonyl (C=O) groups is 2. The highest BCUT2D eigenvalue weighted by Crippen LogP contribution is 2.26. The van der Waals surface area contributed by atoms with E-state index >= 15 is 0 Å². The molecule has 0 fully saturated rings. The molecule has 26 heavy (non-hydrogen) atoms. The standard InChI is InChI=1S/C18H18ClNO5S/c1-25-17(21)11-16(14-8-3-4-9-15(14)19)20-18(22)12-6-5-7-13(10-12)26(2,23)24/h3-10,16H,11H2,1-2H3,(H,20,22). The number of methoxy groups -OCH3 is 1. The van der Waals surface area contributed by atoms with Crippen LogP contribution in [-0.2, 0) is 19.4 Å². The molecule has 2 aromatic rings. The summed E-state index contributed by atoms with van der Waals surface area (Å²) < 4.78 is 28.0. The van der Waals surface area contributed by atoms with Crippen molar-refractivity contribution in [1.29, 1.82) is 0 Å². The van der Waals surface area contributed by atoms with Crippen molar-refractivity contribution in [1.82, 2.24) is 5.32 Å². The Bertz CT molecular complexity index is 927. The third kappa shape index (κ3) is 5.06. The van der Waals surface area contributed by atoms with Crippen molar-refractivity contribution < 1.29 is 22.7 Å². The molecule has 0 aromatic heterocycles. The van der Waals surface area contributed by atoms with Crippen molar-refractivity contribution in [3.8, 4) is 0 Å². The van der Waals surface area contributed by atoms with Gasteiger partial charge in [0.15, 0.2) is 9.84 Å². The van der Waals surface area contributed by atoms with Crippen LogP contribution < -0.4 is 5.32 Å². The van der Waals surface area contributed by atoms with Gasteiger partial charge in [0.1, 0.15) is 0 Å². The first-order valence-corrected chi connectivity index (χ1v) is 9.91. The van der Waals surface area contributed by atoms with Gasteiger partial charge in [-0.05, 0) is 29.8 Å². The summed E-state index contributed by atoms with van der Waals surface area (Å²) in [5.41, 5.74) is 0.724. The number of benzene rings is 2. The van der Waals surface area contributed by atoms with Crippen LogP contribution in [0.2, 0.25) is 5.02 Å². The number of rotatable bonds is 6. The van der Waals surface area contributed by atoms with Crippen LogP contribution in [0.15, 0.2) is 53.4 Å². The Hall–Kier alpha value is -2.38. The first kappa shape index (κ1) is 19.9. The summed E-state index contributed by atoms with van der Waals surface area (Å²) in [4.78, 5) is 24.3. The smallest absolute Gasteiger partial charge is 0.307 e. The number of amides is 1. The summed E-state index contributed by atoms with van der Waals surface area (Å²) in [6, 6.07) is 11.8.